The molecular formula is C24H25BrN2O5S. The van der Waals surface area contributed by atoms with Crippen molar-refractivity contribution in [2.75, 3.05) is 13.7 Å². The minimum absolute atomic E-state index is 0.0531. The quantitative estimate of drug-likeness (QED) is 0.395. The predicted octanol–water partition coefficient (Wildman–Crippen LogP) is 5.27. The van der Waals surface area contributed by atoms with Crippen LogP contribution in [0.3, 0.4) is 0 Å². The predicted molar refractivity (Wildman–Crippen MR) is 132 cm³/mol. The number of allylic oxidation sites excluding steroid dienone is 2. The van der Waals surface area contributed by atoms with Gasteiger partial charge in [0.2, 0.25) is 0 Å². The highest BCUT2D eigenvalue weighted by Gasteiger charge is 2.39. The van der Waals surface area contributed by atoms with Crippen LogP contribution in [-0.2, 0) is 20.1 Å². The van der Waals surface area contributed by atoms with Crippen molar-refractivity contribution in [3.8, 4) is 5.75 Å². The average Bonchev–Trinajstić information content (AvgIpc) is 2.91. The third-order valence-corrected chi connectivity index (χ3v) is 7.45. The van der Waals surface area contributed by atoms with E-state index in [1.807, 2.05) is 4.57 Å². The number of thioether (sulfide) groups is 1. The molecule has 1 aliphatic heterocycles. The summed E-state index contributed by atoms with van der Waals surface area (Å²) in [5.41, 5.74) is 2.28. The number of carbonyl (C=O) groups is 3. The number of ketones is 1. The van der Waals surface area contributed by atoms with Crippen LogP contribution in [-0.4, -0.2) is 41.8 Å². The van der Waals surface area contributed by atoms with E-state index in [0.717, 1.165) is 11.3 Å². The van der Waals surface area contributed by atoms with Gasteiger partial charge in [-0.1, -0.05) is 13.8 Å². The van der Waals surface area contributed by atoms with Gasteiger partial charge in [-0.2, -0.15) is 0 Å². The fourth-order valence-corrected chi connectivity index (χ4v) is 6.34. The molecule has 174 valence electrons. The first kappa shape index (κ1) is 23.8. The maximum atomic E-state index is 13.3. The van der Waals surface area contributed by atoms with Crippen LogP contribution in [0.25, 0.3) is 10.9 Å². The number of aromatic nitrogens is 1. The maximum absolute atomic E-state index is 13.3. The molecule has 9 heteroatoms. The number of fused-ring (bicyclic) bond motifs is 3. The lowest BCUT2D eigenvalue weighted by atomic mass is 9.77. The Morgan fingerprint density at radius 1 is 1.27 bits per heavy atom. The van der Waals surface area contributed by atoms with Crippen LogP contribution in [0.2, 0.25) is 0 Å². The van der Waals surface area contributed by atoms with Gasteiger partial charge in [0.25, 0.3) is 0 Å². The third kappa shape index (κ3) is 4.17. The maximum Gasteiger partial charge on any atom is 0.340 e. The molecule has 2 aromatic rings. The van der Waals surface area contributed by atoms with Gasteiger partial charge in [0.1, 0.15) is 11.6 Å². The van der Waals surface area contributed by atoms with Crippen molar-refractivity contribution in [2.24, 2.45) is 10.4 Å². The molecular weight excluding hydrogens is 508 g/mol. The lowest BCUT2D eigenvalue weighted by Gasteiger charge is -2.31. The average molecular weight is 533 g/mol. The number of aliphatic imine (C=N–C) groups is 1. The molecule has 33 heavy (non-hydrogen) atoms. The molecule has 0 N–H and O–H groups in total. The molecule has 0 fully saturated rings. The number of hydrogen-bond acceptors (Lipinski definition) is 7. The van der Waals surface area contributed by atoms with Gasteiger partial charge in [0.15, 0.2) is 5.78 Å². The van der Waals surface area contributed by atoms with Crippen molar-refractivity contribution < 1.29 is 23.9 Å². The highest BCUT2D eigenvalue weighted by Crippen LogP contribution is 2.47. The van der Waals surface area contributed by atoms with Crippen molar-refractivity contribution in [3.63, 3.8) is 0 Å². The molecule has 2 heterocycles. The second-order valence-electron chi connectivity index (χ2n) is 8.85. The summed E-state index contributed by atoms with van der Waals surface area (Å²) in [6, 6.07) is 3.45. The molecule has 7 nitrogen and oxygen atoms in total. The largest absolute Gasteiger partial charge is 0.462 e. The molecule has 2 aliphatic rings. The first-order valence-corrected chi connectivity index (χ1v) is 12.4. The molecule has 0 saturated carbocycles. The van der Waals surface area contributed by atoms with Crippen molar-refractivity contribution in [3.05, 3.63) is 38.3 Å². The van der Waals surface area contributed by atoms with Gasteiger partial charge in [-0.25, -0.2) is 4.79 Å². The van der Waals surface area contributed by atoms with E-state index in [2.05, 4.69) is 34.8 Å². The van der Waals surface area contributed by atoms with Crippen LogP contribution in [0.4, 0.5) is 0 Å². The molecule has 1 aromatic carbocycles. The van der Waals surface area contributed by atoms with E-state index in [1.54, 1.807) is 37.9 Å². The molecule has 0 saturated heterocycles. The number of hydrogen-bond donors (Lipinski definition) is 0. The topological polar surface area (TPSA) is 87.0 Å². The fourth-order valence-electron chi connectivity index (χ4n) is 4.50. The van der Waals surface area contributed by atoms with Crippen LogP contribution in [0.1, 0.15) is 56.6 Å². The van der Waals surface area contributed by atoms with E-state index in [1.165, 1.54) is 6.92 Å². The Morgan fingerprint density at radius 2 is 2.00 bits per heavy atom. The van der Waals surface area contributed by atoms with Crippen LogP contribution >= 0.6 is 27.7 Å². The number of ether oxygens (including phenoxy) is 2. The summed E-state index contributed by atoms with van der Waals surface area (Å²) in [4.78, 5) is 43.5. The number of esters is 2. The van der Waals surface area contributed by atoms with Crippen molar-refractivity contribution >= 4 is 62.2 Å². The van der Waals surface area contributed by atoms with E-state index in [0.29, 0.717) is 56.0 Å². The zero-order chi connectivity index (χ0) is 24.1. The van der Waals surface area contributed by atoms with Gasteiger partial charge < -0.3 is 9.47 Å². The standard InChI is InChI=1S/C24H25BrN2O5S/c1-6-31-23(30)20-13-7-18(32-12(2)28)14(25)8-15(13)27-16(20)11-33-19-10-24(3,4)9-17(29)21(19)22(27)26-5/h7-8H,6,9-11H2,1-5H3. The lowest BCUT2D eigenvalue weighted by molar-refractivity contribution is -0.132. The molecule has 1 aromatic heterocycles. The second kappa shape index (κ2) is 8.76. The summed E-state index contributed by atoms with van der Waals surface area (Å²) in [7, 11) is 1.66. The van der Waals surface area contributed by atoms with Crippen molar-refractivity contribution in [2.45, 2.75) is 46.3 Å². The van der Waals surface area contributed by atoms with Gasteiger partial charge >= 0.3 is 11.9 Å². The van der Waals surface area contributed by atoms with E-state index in [9.17, 15) is 14.4 Å². The number of halogens is 1. The molecule has 0 bridgehead atoms. The summed E-state index contributed by atoms with van der Waals surface area (Å²) >= 11 is 5.05. The zero-order valence-electron chi connectivity index (χ0n) is 19.2. The summed E-state index contributed by atoms with van der Waals surface area (Å²) in [6.07, 6.45) is 1.21. The second-order valence-corrected chi connectivity index (χ2v) is 10.8. The zero-order valence-corrected chi connectivity index (χ0v) is 21.6. The Morgan fingerprint density at radius 3 is 2.64 bits per heavy atom. The van der Waals surface area contributed by atoms with Gasteiger partial charge in [0, 0.05) is 36.4 Å². The minimum atomic E-state index is -0.468. The molecule has 4 rings (SSSR count). The molecule has 1 aliphatic carbocycles. The third-order valence-electron chi connectivity index (χ3n) is 5.72. The highest BCUT2D eigenvalue weighted by molar-refractivity contribution is 9.10. The summed E-state index contributed by atoms with van der Waals surface area (Å²) in [5.74, 6) is 0.430. The molecule has 0 atom stereocenters. The molecule has 0 unspecified atom stereocenters. The fraction of sp³-hybridized carbons (Fsp3) is 0.417. The van der Waals surface area contributed by atoms with Gasteiger partial charge in [0.05, 0.1) is 33.4 Å². The van der Waals surface area contributed by atoms with Crippen molar-refractivity contribution in [1.82, 2.24) is 4.57 Å². The van der Waals surface area contributed by atoms with E-state index in [4.69, 9.17) is 9.47 Å². The Kier molecular flexibility index (Phi) is 6.30. The Labute approximate surface area is 204 Å². The van der Waals surface area contributed by atoms with Gasteiger partial charge in [-0.05, 0) is 46.8 Å². The lowest BCUT2D eigenvalue weighted by Crippen LogP contribution is -2.30. The van der Waals surface area contributed by atoms with E-state index >= 15 is 0 Å². The SMILES string of the molecule is CCOC(=O)c1c2n(c3cc(Br)c(OC(C)=O)cc13)C(=NC)C1=C(CC(C)(C)CC1=O)SC2. The first-order chi connectivity index (χ1) is 15.6. The molecule has 0 amide bonds. The summed E-state index contributed by atoms with van der Waals surface area (Å²) < 4.78 is 13.2. The summed E-state index contributed by atoms with van der Waals surface area (Å²) in [6.45, 7) is 7.49. The van der Waals surface area contributed by atoms with Crippen LogP contribution in [0.15, 0.2) is 32.1 Å². The van der Waals surface area contributed by atoms with Gasteiger partial charge in [-0.3, -0.25) is 19.1 Å². The number of rotatable bonds is 3. The minimum Gasteiger partial charge on any atom is -0.462 e. The Hall–Kier alpha value is -2.39. The number of Topliss-reactive ketones (excluding diaryl/α,β-unsaturated/α-hetero) is 1. The van der Waals surface area contributed by atoms with E-state index in [-0.39, 0.29) is 17.8 Å². The Bertz CT molecular complexity index is 1270. The number of carbonyl (C=O) groups excluding carboxylic acids is 3. The van der Waals surface area contributed by atoms with Crippen LogP contribution in [0, 0.1) is 5.41 Å². The smallest absolute Gasteiger partial charge is 0.340 e. The Balaban J connectivity index is 2.04. The van der Waals surface area contributed by atoms with Crippen molar-refractivity contribution in [1.29, 1.82) is 0 Å². The van der Waals surface area contributed by atoms with Gasteiger partial charge in [-0.15, -0.1) is 11.8 Å². The summed E-state index contributed by atoms with van der Waals surface area (Å²) in [5, 5.41) is 0.581. The van der Waals surface area contributed by atoms with Crippen LogP contribution in [0.5, 0.6) is 5.75 Å². The number of nitrogens with zero attached hydrogens (tertiary/aromatic N) is 2. The van der Waals surface area contributed by atoms with Crippen LogP contribution < -0.4 is 4.74 Å². The monoisotopic (exact) mass is 532 g/mol. The molecule has 0 radical (unpaired) electrons. The molecule has 0 spiro atoms. The normalized spacial score (nSPS) is 18.7. The van der Waals surface area contributed by atoms with E-state index < -0.39 is 11.9 Å². The first-order valence-electron chi connectivity index (χ1n) is 10.7. The highest BCUT2D eigenvalue weighted by atomic mass is 79.9. The number of benzene rings is 1.